The Balaban J connectivity index is 1.59. The fourth-order valence-corrected chi connectivity index (χ4v) is 6.34. The number of aliphatic hydroxyl groups excluding tert-OH is 1. The number of benzene rings is 3. The molecule has 0 radical (unpaired) electrons. The molecule has 2 atom stereocenters. The average molecular weight is 577 g/mol. The van der Waals surface area contributed by atoms with E-state index in [2.05, 4.69) is 4.98 Å². The lowest BCUT2D eigenvalue weighted by Crippen LogP contribution is -2.29. The average Bonchev–Trinajstić information content (AvgIpc) is 3.63. The minimum atomic E-state index is -1.11. The van der Waals surface area contributed by atoms with Crippen molar-refractivity contribution in [1.29, 1.82) is 0 Å². The first-order chi connectivity index (χ1) is 19.7. The van der Waals surface area contributed by atoms with E-state index in [1.54, 1.807) is 30.3 Å². The van der Waals surface area contributed by atoms with Crippen molar-refractivity contribution in [3.63, 3.8) is 0 Å². The van der Waals surface area contributed by atoms with Gasteiger partial charge >= 0.3 is 5.91 Å². The predicted molar refractivity (Wildman–Crippen MR) is 151 cm³/mol. The van der Waals surface area contributed by atoms with E-state index >= 15 is 0 Å². The lowest BCUT2D eigenvalue weighted by molar-refractivity contribution is -0.132. The van der Waals surface area contributed by atoms with E-state index < -0.39 is 23.5 Å². The summed E-state index contributed by atoms with van der Waals surface area (Å²) in [7, 11) is 4.37. The van der Waals surface area contributed by atoms with E-state index in [1.807, 2.05) is 6.92 Å². The molecule has 0 spiro atoms. The van der Waals surface area contributed by atoms with E-state index in [1.165, 1.54) is 44.4 Å². The van der Waals surface area contributed by atoms with Crippen LogP contribution in [0.1, 0.15) is 29.7 Å². The van der Waals surface area contributed by atoms with Crippen LogP contribution in [0.25, 0.3) is 16.0 Å². The molecule has 1 amide bonds. The number of ether oxygens (including phenoxy) is 4. The lowest BCUT2D eigenvalue weighted by atomic mass is 9.94. The van der Waals surface area contributed by atoms with E-state index in [-0.39, 0.29) is 22.6 Å². The topological polar surface area (TPSA) is 107 Å². The maximum atomic E-state index is 14.0. The minimum absolute atomic E-state index is 0.0175. The summed E-state index contributed by atoms with van der Waals surface area (Å²) in [5.41, 5.74) is 1.98. The van der Waals surface area contributed by atoms with Crippen LogP contribution in [0.4, 0.5) is 9.52 Å². The maximum Gasteiger partial charge on any atom is 0.301 e. The van der Waals surface area contributed by atoms with Crippen molar-refractivity contribution in [2.45, 2.75) is 25.5 Å². The third kappa shape index (κ3) is 4.33. The molecule has 9 nitrogen and oxygen atoms in total. The van der Waals surface area contributed by atoms with Crippen molar-refractivity contribution >= 4 is 44.1 Å². The molecule has 0 bridgehead atoms. The fourth-order valence-electron chi connectivity index (χ4n) is 5.32. The number of aliphatic hydroxyl groups is 1. The summed E-state index contributed by atoms with van der Waals surface area (Å²) in [4.78, 5) is 33.1. The summed E-state index contributed by atoms with van der Waals surface area (Å²) < 4.78 is 36.8. The quantitative estimate of drug-likeness (QED) is 0.185. The van der Waals surface area contributed by atoms with Gasteiger partial charge in [-0.15, -0.1) is 0 Å². The first kappa shape index (κ1) is 26.6. The number of carbonyl (C=O) groups is 2. The number of thiazole rings is 1. The third-order valence-corrected chi connectivity index (χ3v) is 8.18. The zero-order chi connectivity index (χ0) is 29.0. The Kier molecular flexibility index (Phi) is 6.53. The Morgan fingerprint density at radius 1 is 1.05 bits per heavy atom. The number of aromatic nitrogens is 1. The Hall–Kier alpha value is -4.64. The van der Waals surface area contributed by atoms with Crippen molar-refractivity contribution in [2.75, 3.05) is 26.2 Å². The number of hydrogen-bond acceptors (Lipinski definition) is 9. The summed E-state index contributed by atoms with van der Waals surface area (Å²) in [5, 5.41) is 11.8. The number of hydrogen-bond donors (Lipinski definition) is 1. The number of rotatable bonds is 6. The van der Waals surface area contributed by atoms with Gasteiger partial charge < -0.3 is 24.1 Å². The van der Waals surface area contributed by atoms with Gasteiger partial charge in [-0.2, -0.15) is 0 Å². The molecule has 41 heavy (non-hydrogen) atoms. The SMILES string of the molecule is COc1cc(C2/C(=C(/O)c3ccc4c(c3)CC(C)O4)C(=O)C(=O)N2c2nc3ccc(F)cc3s2)cc(OC)c1OC. The second-order valence-corrected chi connectivity index (χ2v) is 10.7. The molecular formula is C30H25FN2O7S. The first-order valence-electron chi connectivity index (χ1n) is 12.7. The highest BCUT2D eigenvalue weighted by Crippen LogP contribution is 2.48. The molecule has 2 unspecified atom stereocenters. The van der Waals surface area contributed by atoms with E-state index in [4.69, 9.17) is 18.9 Å². The van der Waals surface area contributed by atoms with Gasteiger partial charge in [0.25, 0.3) is 5.78 Å². The van der Waals surface area contributed by atoms with Crippen molar-refractivity contribution in [2.24, 2.45) is 0 Å². The van der Waals surface area contributed by atoms with Gasteiger partial charge in [0, 0.05) is 12.0 Å². The molecule has 4 aromatic rings. The zero-order valence-electron chi connectivity index (χ0n) is 22.6. The molecule has 0 saturated carbocycles. The van der Waals surface area contributed by atoms with Crippen LogP contribution in [0.3, 0.4) is 0 Å². The van der Waals surface area contributed by atoms with Crippen molar-refractivity contribution in [3.8, 4) is 23.0 Å². The largest absolute Gasteiger partial charge is 0.507 e. The predicted octanol–water partition coefficient (Wildman–Crippen LogP) is 5.41. The van der Waals surface area contributed by atoms with E-state index in [9.17, 15) is 19.1 Å². The number of fused-ring (bicyclic) bond motifs is 2. The second kappa shape index (κ2) is 10.1. The highest BCUT2D eigenvalue weighted by Gasteiger charge is 2.48. The second-order valence-electron chi connectivity index (χ2n) is 9.69. The number of halogens is 1. The van der Waals surface area contributed by atoms with Crippen LogP contribution in [0.5, 0.6) is 23.0 Å². The summed E-state index contributed by atoms with van der Waals surface area (Å²) >= 11 is 1.06. The van der Waals surface area contributed by atoms with Gasteiger partial charge in [0.1, 0.15) is 23.4 Å². The highest BCUT2D eigenvalue weighted by atomic mass is 32.1. The molecule has 210 valence electrons. The summed E-state index contributed by atoms with van der Waals surface area (Å²) in [6.45, 7) is 1.94. The smallest absolute Gasteiger partial charge is 0.301 e. The number of amides is 1. The van der Waals surface area contributed by atoms with Crippen LogP contribution >= 0.6 is 11.3 Å². The number of methoxy groups -OCH3 is 3. The Morgan fingerprint density at radius 2 is 1.78 bits per heavy atom. The number of nitrogens with zero attached hydrogens (tertiary/aromatic N) is 2. The molecule has 1 N–H and O–H groups in total. The molecule has 6 rings (SSSR count). The van der Waals surface area contributed by atoms with Crippen molar-refractivity contribution < 1.29 is 38.0 Å². The standard InChI is InChI=1S/C30H25FN2O7S/c1-14-9-16-10-15(5-8-20(16)40-14)26(34)24-25(17-11-21(37-2)28(39-4)22(12-17)38-3)33(29(36)27(24)35)30-32-19-7-6-18(31)13-23(19)41-30/h5-8,10-14,25,34H,9H2,1-4H3/b26-24-. The molecule has 1 aromatic heterocycles. The van der Waals surface area contributed by atoms with Gasteiger partial charge in [0.2, 0.25) is 5.75 Å². The molecule has 0 aliphatic carbocycles. The van der Waals surface area contributed by atoms with Crippen LogP contribution in [0.15, 0.2) is 54.1 Å². The monoisotopic (exact) mass is 576 g/mol. The van der Waals surface area contributed by atoms with Crippen molar-refractivity contribution in [1.82, 2.24) is 4.98 Å². The summed E-state index contributed by atoms with van der Waals surface area (Å²) in [6.07, 6.45) is 0.625. The third-order valence-electron chi connectivity index (χ3n) is 7.16. The van der Waals surface area contributed by atoms with Gasteiger partial charge in [0.15, 0.2) is 16.6 Å². The molecular weight excluding hydrogens is 551 g/mol. The van der Waals surface area contributed by atoms with Crippen LogP contribution in [-0.4, -0.2) is 49.2 Å². The Bertz CT molecular complexity index is 1740. The molecule has 1 fully saturated rings. The molecule has 2 aliphatic heterocycles. The normalized spacial score (nSPS) is 19.4. The molecule has 3 aromatic carbocycles. The zero-order valence-corrected chi connectivity index (χ0v) is 23.4. The Morgan fingerprint density at radius 3 is 2.46 bits per heavy atom. The van der Waals surface area contributed by atoms with Gasteiger partial charge in [-0.1, -0.05) is 11.3 Å². The van der Waals surface area contributed by atoms with Gasteiger partial charge in [-0.25, -0.2) is 9.37 Å². The van der Waals surface area contributed by atoms with Crippen LogP contribution in [0.2, 0.25) is 0 Å². The fraction of sp³-hybridized carbons (Fsp3) is 0.233. The maximum absolute atomic E-state index is 14.0. The highest BCUT2D eigenvalue weighted by molar-refractivity contribution is 7.22. The van der Waals surface area contributed by atoms with Crippen LogP contribution in [0, 0.1) is 5.82 Å². The minimum Gasteiger partial charge on any atom is -0.507 e. The Labute approximate surface area is 238 Å². The van der Waals surface area contributed by atoms with E-state index in [0.717, 1.165) is 16.9 Å². The first-order valence-corrected chi connectivity index (χ1v) is 13.5. The summed E-state index contributed by atoms with van der Waals surface area (Å²) in [5.74, 6) is -0.967. The molecule has 2 aliphatic rings. The van der Waals surface area contributed by atoms with Gasteiger partial charge in [-0.05, 0) is 66.6 Å². The number of anilines is 1. The molecule has 3 heterocycles. The van der Waals surface area contributed by atoms with Crippen molar-refractivity contribution in [3.05, 3.63) is 76.6 Å². The molecule has 1 saturated heterocycles. The van der Waals surface area contributed by atoms with Gasteiger partial charge in [-0.3, -0.25) is 14.5 Å². The molecule has 11 heteroatoms. The number of Topliss-reactive ketones (excluding diaryl/α,β-unsaturated/α-hetero) is 1. The lowest BCUT2D eigenvalue weighted by Gasteiger charge is -2.24. The van der Waals surface area contributed by atoms with E-state index in [0.29, 0.717) is 50.8 Å². The number of carbonyl (C=O) groups excluding carboxylic acids is 2. The number of ketones is 1. The van der Waals surface area contributed by atoms with Crippen LogP contribution < -0.4 is 23.8 Å². The summed E-state index contributed by atoms with van der Waals surface area (Å²) in [6, 6.07) is 11.3. The van der Waals surface area contributed by atoms with Crippen LogP contribution in [-0.2, 0) is 16.0 Å². The van der Waals surface area contributed by atoms with Gasteiger partial charge in [0.05, 0.1) is 43.2 Å².